The van der Waals surface area contributed by atoms with Gasteiger partial charge in [0.05, 0.1) is 18.6 Å². The fraction of sp³-hybridized carbons (Fsp3) is 0.516. The molecule has 7 heteroatoms. The Morgan fingerprint density at radius 1 is 1.05 bits per heavy atom. The van der Waals surface area contributed by atoms with Gasteiger partial charge in [0, 0.05) is 37.4 Å². The van der Waals surface area contributed by atoms with Crippen molar-refractivity contribution < 1.29 is 14.3 Å². The van der Waals surface area contributed by atoms with E-state index < -0.39 is 0 Å². The first-order chi connectivity index (χ1) is 18.7. The van der Waals surface area contributed by atoms with E-state index in [0.29, 0.717) is 36.4 Å². The molecule has 7 rings (SSSR count). The third-order valence-electron chi connectivity index (χ3n) is 9.64. The van der Waals surface area contributed by atoms with Crippen LogP contribution in [0.15, 0.2) is 54.6 Å². The molecule has 0 radical (unpaired) electrons. The van der Waals surface area contributed by atoms with Gasteiger partial charge in [-0.3, -0.25) is 20.5 Å². The van der Waals surface area contributed by atoms with Crippen molar-refractivity contribution in [2.75, 3.05) is 44.8 Å². The highest BCUT2D eigenvalue weighted by atomic mass is 16.5. The second-order valence-electron chi connectivity index (χ2n) is 11.7. The Morgan fingerprint density at radius 3 is 2.76 bits per heavy atom. The van der Waals surface area contributed by atoms with Crippen molar-refractivity contribution in [3.8, 4) is 5.75 Å². The predicted octanol–water partition coefficient (Wildman–Crippen LogP) is 3.58. The number of para-hydroxylation sites is 1. The molecule has 3 N–H and O–H groups in total. The molecule has 7 nitrogen and oxygen atoms in total. The number of rotatable bonds is 7. The SMILES string of the molecule is O=C1Nc2ccccc2[C@]12C[C@H]2C1CCC2C(/C=C/c3ccc(OCCN4CCOCC4)cc3)NNC2C1. The Kier molecular flexibility index (Phi) is 6.48. The molecular formula is C31H38N4O3. The summed E-state index contributed by atoms with van der Waals surface area (Å²) >= 11 is 0. The van der Waals surface area contributed by atoms with Gasteiger partial charge in [0.15, 0.2) is 0 Å². The van der Waals surface area contributed by atoms with Gasteiger partial charge in [-0.25, -0.2) is 0 Å². The zero-order chi connectivity index (χ0) is 25.5. The molecule has 2 aliphatic carbocycles. The number of amides is 1. The van der Waals surface area contributed by atoms with Gasteiger partial charge in [-0.2, -0.15) is 0 Å². The molecule has 4 fully saturated rings. The van der Waals surface area contributed by atoms with E-state index in [1.54, 1.807) is 0 Å². The lowest BCUT2D eigenvalue weighted by atomic mass is 9.73. The fourth-order valence-corrected chi connectivity index (χ4v) is 7.46. The van der Waals surface area contributed by atoms with E-state index in [9.17, 15) is 4.79 Å². The number of anilines is 1. The average molecular weight is 515 g/mol. The number of carbonyl (C=O) groups is 1. The number of hydrogen-bond donors (Lipinski definition) is 3. The standard InChI is InChI=1S/C31H38N4O3/c36-30-31(25-3-1-2-4-28(25)32-30)20-26(31)22-8-11-24-27(33-34-29(24)19-22)12-7-21-5-9-23(10-6-21)38-18-15-35-13-16-37-17-14-35/h1-7,9-10,12,22,24,26-27,29,33-34H,8,11,13-20H2,(H,32,36)/b12-7+/t22?,24?,26-,27?,29?,31-/m0/s1. The van der Waals surface area contributed by atoms with E-state index in [1.165, 1.54) is 24.0 Å². The van der Waals surface area contributed by atoms with Crippen molar-refractivity contribution in [3.63, 3.8) is 0 Å². The van der Waals surface area contributed by atoms with Crippen molar-refractivity contribution in [1.29, 1.82) is 0 Å². The van der Waals surface area contributed by atoms with Gasteiger partial charge in [-0.15, -0.1) is 0 Å². The van der Waals surface area contributed by atoms with Crippen LogP contribution in [0, 0.1) is 17.8 Å². The molecule has 1 spiro atoms. The zero-order valence-electron chi connectivity index (χ0n) is 21.9. The van der Waals surface area contributed by atoms with E-state index in [1.807, 2.05) is 12.1 Å². The predicted molar refractivity (Wildman–Crippen MR) is 148 cm³/mol. The monoisotopic (exact) mass is 514 g/mol. The van der Waals surface area contributed by atoms with Crippen molar-refractivity contribution in [1.82, 2.24) is 15.8 Å². The lowest BCUT2D eigenvalue weighted by Crippen LogP contribution is -2.38. The summed E-state index contributed by atoms with van der Waals surface area (Å²) in [7, 11) is 0. The largest absolute Gasteiger partial charge is 0.492 e. The Morgan fingerprint density at radius 2 is 1.89 bits per heavy atom. The highest BCUT2D eigenvalue weighted by molar-refractivity contribution is 6.08. The summed E-state index contributed by atoms with van der Waals surface area (Å²) in [5.41, 5.74) is 10.3. The van der Waals surface area contributed by atoms with Gasteiger partial charge in [0.1, 0.15) is 12.4 Å². The maximum Gasteiger partial charge on any atom is 0.235 e. The lowest BCUT2D eigenvalue weighted by Gasteiger charge is -2.33. The second kappa shape index (κ2) is 10.1. The second-order valence-corrected chi connectivity index (χ2v) is 11.7. The van der Waals surface area contributed by atoms with Crippen LogP contribution in [0.1, 0.15) is 36.8 Å². The minimum atomic E-state index is -0.266. The smallest absolute Gasteiger partial charge is 0.235 e. The third-order valence-corrected chi connectivity index (χ3v) is 9.64. The quantitative estimate of drug-likeness (QED) is 0.525. The van der Waals surface area contributed by atoms with Crippen LogP contribution in [0.4, 0.5) is 5.69 Å². The zero-order valence-corrected chi connectivity index (χ0v) is 21.9. The molecule has 2 saturated carbocycles. The summed E-state index contributed by atoms with van der Waals surface area (Å²) in [5.74, 6) is 2.80. The molecule has 1 amide bonds. The van der Waals surface area contributed by atoms with Crippen LogP contribution < -0.4 is 20.9 Å². The van der Waals surface area contributed by atoms with Gasteiger partial charge in [0.25, 0.3) is 0 Å². The van der Waals surface area contributed by atoms with Gasteiger partial charge >= 0.3 is 0 Å². The van der Waals surface area contributed by atoms with E-state index in [0.717, 1.165) is 57.1 Å². The number of nitrogens with zero attached hydrogens (tertiary/aromatic N) is 1. The molecule has 0 aromatic heterocycles. The first-order valence-corrected chi connectivity index (χ1v) is 14.3. The minimum Gasteiger partial charge on any atom is -0.492 e. The van der Waals surface area contributed by atoms with Crippen molar-refractivity contribution in [2.45, 2.75) is 43.2 Å². The lowest BCUT2D eigenvalue weighted by molar-refractivity contribution is -0.118. The highest BCUT2D eigenvalue weighted by Crippen LogP contribution is 2.64. The summed E-state index contributed by atoms with van der Waals surface area (Å²) < 4.78 is 11.4. The van der Waals surface area contributed by atoms with Gasteiger partial charge in [0.2, 0.25) is 5.91 Å². The van der Waals surface area contributed by atoms with Crippen molar-refractivity contribution in [3.05, 3.63) is 65.7 Å². The molecular weight excluding hydrogens is 476 g/mol. The Bertz CT molecular complexity index is 1190. The van der Waals surface area contributed by atoms with E-state index in [2.05, 4.69) is 69.6 Å². The first-order valence-electron chi connectivity index (χ1n) is 14.3. The van der Waals surface area contributed by atoms with E-state index >= 15 is 0 Å². The van der Waals surface area contributed by atoms with Crippen LogP contribution in [0.3, 0.4) is 0 Å². The fourth-order valence-electron chi connectivity index (χ4n) is 7.46. The van der Waals surface area contributed by atoms with Crippen LogP contribution in [-0.2, 0) is 14.9 Å². The molecule has 2 saturated heterocycles. The number of hydrogen-bond acceptors (Lipinski definition) is 6. The molecule has 2 aromatic rings. The molecule has 6 atom stereocenters. The average Bonchev–Trinajstić information content (AvgIpc) is 3.49. The van der Waals surface area contributed by atoms with Crippen molar-refractivity contribution >= 4 is 17.7 Å². The highest BCUT2D eigenvalue weighted by Gasteiger charge is 2.67. The van der Waals surface area contributed by atoms with Crippen LogP contribution in [0.25, 0.3) is 6.08 Å². The topological polar surface area (TPSA) is 74.9 Å². The molecule has 3 aliphatic heterocycles. The molecule has 0 bridgehead atoms. The Labute approximate surface area is 224 Å². The number of ether oxygens (including phenoxy) is 2. The summed E-state index contributed by atoms with van der Waals surface area (Å²) in [4.78, 5) is 15.3. The number of hydrazine groups is 1. The molecule has 2 aromatic carbocycles. The van der Waals surface area contributed by atoms with Crippen LogP contribution in [0.2, 0.25) is 0 Å². The Hall–Kier alpha value is -2.71. The molecule has 3 heterocycles. The third kappa shape index (κ3) is 4.45. The summed E-state index contributed by atoms with van der Waals surface area (Å²) in [6.45, 7) is 5.28. The number of carbonyl (C=O) groups excluding carboxylic acids is 1. The van der Waals surface area contributed by atoms with E-state index in [-0.39, 0.29) is 11.3 Å². The molecule has 5 aliphatic rings. The van der Waals surface area contributed by atoms with Crippen molar-refractivity contribution in [2.24, 2.45) is 17.8 Å². The molecule has 4 unspecified atom stereocenters. The number of morpholine rings is 1. The summed E-state index contributed by atoms with van der Waals surface area (Å²) in [5, 5.41) is 3.14. The first kappa shape index (κ1) is 24.3. The summed E-state index contributed by atoms with van der Waals surface area (Å²) in [6.07, 6.45) is 9.07. The Balaban J connectivity index is 0.912. The van der Waals surface area contributed by atoms with Crippen LogP contribution >= 0.6 is 0 Å². The van der Waals surface area contributed by atoms with E-state index in [4.69, 9.17) is 9.47 Å². The van der Waals surface area contributed by atoms with Crippen LogP contribution in [-0.4, -0.2) is 62.3 Å². The number of benzene rings is 2. The van der Waals surface area contributed by atoms with Gasteiger partial charge in [-0.1, -0.05) is 42.5 Å². The van der Waals surface area contributed by atoms with Gasteiger partial charge in [-0.05, 0) is 72.8 Å². The normalized spacial score (nSPS) is 34.3. The van der Waals surface area contributed by atoms with Gasteiger partial charge < -0.3 is 14.8 Å². The maximum absolute atomic E-state index is 12.9. The maximum atomic E-state index is 12.9. The number of nitrogens with one attached hydrogen (secondary N) is 3. The molecule has 38 heavy (non-hydrogen) atoms. The molecule has 200 valence electrons. The summed E-state index contributed by atoms with van der Waals surface area (Å²) in [6, 6.07) is 17.5. The minimum absolute atomic E-state index is 0.220. The number of fused-ring (bicyclic) bond motifs is 3. The van der Waals surface area contributed by atoms with Crippen LogP contribution in [0.5, 0.6) is 5.75 Å².